The summed E-state index contributed by atoms with van der Waals surface area (Å²) >= 11 is 0. The molecule has 3 nitrogen and oxygen atoms in total. The Hall–Kier alpha value is -2.85. The summed E-state index contributed by atoms with van der Waals surface area (Å²) < 4.78 is 25.7. The first-order valence-electron chi connectivity index (χ1n) is 9.66. The molecule has 4 heteroatoms. The van der Waals surface area contributed by atoms with Gasteiger partial charge in [-0.25, -0.2) is 4.39 Å². The Morgan fingerprint density at radius 2 is 1.59 bits per heavy atom. The summed E-state index contributed by atoms with van der Waals surface area (Å²) in [7, 11) is 0. The first kappa shape index (κ1) is 20.9. The van der Waals surface area contributed by atoms with Gasteiger partial charge >= 0.3 is 0 Å². The third-order valence-corrected chi connectivity index (χ3v) is 4.97. The smallest absolute Gasteiger partial charge is 0.165 e. The Bertz CT molecular complexity index is 958. The summed E-state index contributed by atoms with van der Waals surface area (Å²) in [4.78, 5) is 0. The zero-order valence-electron chi connectivity index (χ0n) is 17.3. The van der Waals surface area contributed by atoms with Gasteiger partial charge in [0.2, 0.25) is 0 Å². The van der Waals surface area contributed by atoms with Crippen LogP contribution in [-0.4, -0.2) is 11.7 Å². The van der Waals surface area contributed by atoms with Crippen LogP contribution in [0.25, 0.3) is 0 Å². The lowest BCUT2D eigenvalue weighted by atomic mass is 9.83. The van der Waals surface area contributed by atoms with E-state index in [1.807, 2.05) is 44.2 Å². The molecular weight excluding hydrogens is 367 g/mol. The molecule has 0 saturated carbocycles. The number of rotatable bonds is 7. The van der Waals surface area contributed by atoms with E-state index in [0.717, 1.165) is 22.3 Å². The minimum Gasteiger partial charge on any atom is -0.507 e. The topological polar surface area (TPSA) is 38.7 Å². The summed E-state index contributed by atoms with van der Waals surface area (Å²) in [6.45, 7) is 8.85. The van der Waals surface area contributed by atoms with E-state index in [-0.39, 0.29) is 11.2 Å². The molecule has 0 fully saturated rings. The number of phenolic OH excluding ortho intramolecular Hbond substituents is 1. The number of phenols is 1. The van der Waals surface area contributed by atoms with Crippen LogP contribution in [0.1, 0.15) is 36.1 Å². The molecule has 0 aromatic heterocycles. The second-order valence-corrected chi connectivity index (χ2v) is 8.02. The van der Waals surface area contributed by atoms with Gasteiger partial charge in [0.15, 0.2) is 11.6 Å². The van der Waals surface area contributed by atoms with E-state index in [1.165, 1.54) is 6.07 Å². The molecule has 1 N–H and O–H groups in total. The highest BCUT2D eigenvalue weighted by atomic mass is 19.1. The quantitative estimate of drug-likeness (QED) is 0.501. The Labute approximate surface area is 171 Å². The van der Waals surface area contributed by atoms with E-state index >= 15 is 0 Å². The van der Waals surface area contributed by atoms with Crippen molar-refractivity contribution in [3.63, 3.8) is 0 Å². The van der Waals surface area contributed by atoms with Crippen LogP contribution in [0.15, 0.2) is 60.7 Å². The van der Waals surface area contributed by atoms with Crippen molar-refractivity contribution in [3.8, 4) is 17.2 Å². The van der Waals surface area contributed by atoms with E-state index in [2.05, 4.69) is 13.8 Å². The molecule has 0 heterocycles. The van der Waals surface area contributed by atoms with Crippen LogP contribution in [0, 0.1) is 19.7 Å². The number of ether oxygens (including phenoxy) is 2. The number of hydrogen-bond acceptors (Lipinski definition) is 3. The summed E-state index contributed by atoms with van der Waals surface area (Å²) in [6, 6.07) is 17.9. The zero-order chi connectivity index (χ0) is 21.0. The molecule has 0 amide bonds. The summed E-state index contributed by atoms with van der Waals surface area (Å²) in [5, 5.41) is 10.0. The highest BCUT2D eigenvalue weighted by Gasteiger charge is 2.22. The zero-order valence-corrected chi connectivity index (χ0v) is 17.3. The molecule has 0 aliphatic heterocycles. The first-order valence-corrected chi connectivity index (χ1v) is 9.66. The van der Waals surface area contributed by atoms with Gasteiger partial charge in [0.05, 0.1) is 13.2 Å². The maximum absolute atomic E-state index is 14.1. The normalized spacial score (nSPS) is 11.5. The maximum Gasteiger partial charge on any atom is 0.165 e. The fraction of sp³-hybridized carbons (Fsp3) is 0.280. The van der Waals surface area contributed by atoms with Crippen LogP contribution in [0.5, 0.6) is 17.2 Å². The molecular formula is C25H27FO3. The highest BCUT2D eigenvalue weighted by Crippen LogP contribution is 2.31. The van der Waals surface area contributed by atoms with Crippen molar-refractivity contribution in [2.45, 2.75) is 39.7 Å². The lowest BCUT2D eigenvalue weighted by molar-refractivity contribution is 0.0823. The third-order valence-electron chi connectivity index (χ3n) is 4.97. The van der Waals surface area contributed by atoms with Crippen molar-refractivity contribution in [1.82, 2.24) is 0 Å². The molecule has 3 aromatic rings. The fourth-order valence-electron chi connectivity index (χ4n) is 3.19. The van der Waals surface area contributed by atoms with Gasteiger partial charge in [-0.2, -0.15) is 0 Å². The van der Waals surface area contributed by atoms with Gasteiger partial charge < -0.3 is 14.6 Å². The molecule has 3 aromatic carbocycles. The Kier molecular flexibility index (Phi) is 6.23. The van der Waals surface area contributed by atoms with Gasteiger partial charge in [-0.3, -0.25) is 0 Å². The van der Waals surface area contributed by atoms with Gasteiger partial charge in [0, 0.05) is 5.41 Å². The van der Waals surface area contributed by atoms with Crippen molar-refractivity contribution < 1.29 is 19.0 Å². The predicted octanol–water partition coefficient (Wildman–Crippen LogP) is 6.43. The molecule has 29 heavy (non-hydrogen) atoms. The summed E-state index contributed by atoms with van der Waals surface area (Å²) in [5.41, 5.74) is 3.43. The predicted molar refractivity (Wildman–Crippen MR) is 113 cm³/mol. The van der Waals surface area contributed by atoms with E-state index in [4.69, 9.17) is 9.47 Å². The Balaban J connectivity index is 1.66. The second kappa shape index (κ2) is 8.66. The van der Waals surface area contributed by atoms with Crippen molar-refractivity contribution >= 4 is 0 Å². The molecule has 0 spiro atoms. The van der Waals surface area contributed by atoms with Gasteiger partial charge in [-0.05, 0) is 60.4 Å². The van der Waals surface area contributed by atoms with Crippen LogP contribution in [0.4, 0.5) is 4.39 Å². The average molecular weight is 394 g/mol. The number of hydrogen-bond donors (Lipinski definition) is 1. The third kappa shape index (κ3) is 5.15. The van der Waals surface area contributed by atoms with Crippen LogP contribution < -0.4 is 4.74 Å². The maximum atomic E-state index is 14.1. The van der Waals surface area contributed by atoms with Crippen LogP contribution in [0.2, 0.25) is 0 Å². The number of benzene rings is 3. The van der Waals surface area contributed by atoms with Crippen molar-refractivity contribution in [2.75, 3.05) is 6.61 Å². The van der Waals surface area contributed by atoms with Gasteiger partial charge in [-0.1, -0.05) is 50.2 Å². The van der Waals surface area contributed by atoms with Crippen molar-refractivity contribution in [1.29, 1.82) is 0 Å². The lowest BCUT2D eigenvalue weighted by Gasteiger charge is -2.26. The highest BCUT2D eigenvalue weighted by molar-refractivity contribution is 5.44. The molecule has 3 rings (SSSR count). The number of aryl methyl sites for hydroxylation is 2. The van der Waals surface area contributed by atoms with Crippen molar-refractivity contribution in [3.05, 3.63) is 88.7 Å². The van der Waals surface area contributed by atoms with Crippen LogP contribution >= 0.6 is 0 Å². The molecule has 0 bridgehead atoms. The molecule has 0 saturated heterocycles. The minimum atomic E-state index is -0.409. The molecule has 0 atom stereocenters. The molecule has 0 radical (unpaired) electrons. The second-order valence-electron chi connectivity index (χ2n) is 8.02. The van der Waals surface area contributed by atoms with E-state index < -0.39 is 5.82 Å². The molecule has 152 valence electrons. The van der Waals surface area contributed by atoms with E-state index in [9.17, 15) is 9.50 Å². The number of para-hydroxylation sites is 1. The van der Waals surface area contributed by atoms with E-state index in [0.29, 0.717) is 24.7 Å². The van der Waals surface area contributed by atoms with Crippen LogP contribution in [-0.2, 0) is 16.8 Å². The molecule has 0 aliphatic rings. The average Bonchev–Trinajstić information content (AvgIpc) is 2.69. The van der Waals surface area contributed by atoms with Crippen molar-refractivity contribution in [2.24, 2.45) is 0 Å². The fourth-order valence-corrected chi connectivity index (χ4v) is 3.19. The van der Waals surface area contributed by atoms with Gasteiger partial charge in [0.1, 0.15) is 11.5 Å². The largest absolute Gasteiger partial charge is 0.507 e. The standard InChI is InChI=1S/C25H27FO3/c1-17-12-20(13-18(2)24(17)27)25(3,4)16-28-15-19-10-11-22(26)23(14-19)29-21-8-6-5-7-9-21/h5-14,27H,15-16H2,1-4H3. The summed E-state index contributed by atoms with van der Waals surface area (Å²) in [5.74, 6) is 0.695. The van der Waals surface area contributed by atoms with Gasteiger partial charge in [0.25, 0.3) is 0 Å². The monoisotopic (exact) mass is 394 g/mol. The molecule has 0 unspecified atom stereocenters. The number of halogens is 1. The van der Waals surface area contributed by atoms with Crippen LogP contribution in [0.3, 0.4) is 0 Å². The summed E-state index contributed by atoms with van der Waals surface area (Å²) in [6.07, 6.45) is 0. The van der Waals surface area contributed by atoms with Gasteiger partial charge in [-0.15, -0.1) is 0 Å². The molecule has 0 aliphatic carbocycles. The van der Waals surface area contributed by atoms with E-state index in [1.54, 1.807) is 24.3 Å². The Morgan fingerprint density at radius 1 is 0.931 bits per heavy atom. The lowest BCUT2D eigenvalue weighted by Crippen LogP contribution is -2.24. The number of aromatic hydroxyl groups is 1. The minimum absolute atomic E-state index is 0.182. The first-order chi connectivity index (χ1) is 13.8. The SMILES string of the molecule is Cc1cc(C(C)(C)COCc2ccc(F)c(Oc3ccccc3)c2)cc(C)c1O. The Morgan fingerprint density at radius 3 is 2.24 bits per heavy atom.